The Kier molecular flexibility index (Phi) is 6.51. The number of nitrogens with zero attached hydrogens (tertiary/aromatic N) is 3. The summed E-state index contributed by atoms with van der Waals surface area (Å²) in [5, 5.41) is 14.1. The molecule has 0 bridgehead atoms. The first-order valence-corrected chi connectivity index (χ1v) is 6.11. The highest BCUT2D eigenvalue weighted by Gasteiger charge is 2.03. The first-order chi connectivity index (χ1) is 8.76. The standard InChI is InChI=1S/C12H19N5O/c1-2-5-14-6-3-11-8-17(10-16-11)9-12(18)15-7-4-13/h8,10,14H,2-3,5-7,9H2,1H3,(H,15,18). The van der Waals surface area contributed by atoms with Gasteiger partial charge in [-0.2, -0.15) is 5.26 Å². The van der Waals surface area contributed by atoms with Crippen LogP contribution in [0, 0.1) is 11.3 Å². The van der Waals surface area contributed by atoms with Crippen LogP contribution >= 0.6 is 0 Å². The third-order valence-electron chi connectivity index (χ3n) is 2.36. The number of nitrogens with one attached hydrogen (secondary N) is 2. The maximum atomic E-state index is 11.4. The molecule has 6 nitrogen and oxygen atoms in total. The number of hydrogen-bond acceptors (Lipinski definition) is 4. The van der Waals surface area contributed by atoms with Gasteiger partial charge < -0.3 is 15.2 Å². The summed E-state index contributed by atoms with van der Waals surface area (Å²) in [5.74, 6) is -0.176. The van der Waals surface area contributed by atoms with Crippen molar-refractivity contribution in [2.45, 2.75) is 26.3 Å². The van der Waals surface area contributed by atoms with E-state index in [-0.39, 0.29) is 19.0 Å². The summed E-state index contributed by atoms with van der Waals surface area (Å²) in [6.07, 6.45) is 5.47. The lowest BCUT2D eigenvalue weighted by Crippen LogP contribution is -2.27. The first-order valence-electron chi connectivity index (χ1n) is 6.11. The molecule has 0 saturated heterocycles. The second kappa shape index (κ2) is 8.25. The highest BCUT2D eigenvalue weighted by atomic mass is 16.1. The molecular weight excluding hydrogens is 230 g/mol. The van der Waals surface area contributed by atoms with Crippen molar-refractivity contribution in [3.05, 3.63) is 18.2 Å². The fraction of sp³-hybridized carbons (Fsp3) is 0.583. The van der Waals surface area contributed by atoms with Crippen molar-refractivity contribution in [2.24, 2.45) is 0 Å². The number of aromatic nitrogens is 2. The maximum Gasteiger partial charge on any atom is 0.240 e. The van der Waals surface area contributed by atoms with Gasteiger partial charge in [0.05, 0.1) is 18.1 Å². The zero-order valence-corrected chi connectivity index (χ0v) is 10.6. The number of imidazole rings is 1. The van der Waals surface area contributed by atoms with Gasteiger partial charge in [-0.3, -0.25) is 4.79 Å². The van der Waals surface area contributed by atoms with Gasteiger partial charge >= 0.3 is 0 Å². The molecule has 0 unspecified atom stereocenters. The second-order valence-corrected chi connectivity index (χ2v) is 3.97. The molecule has 18 heavy (non-hydrogen) atoms. The summed E-state index contributed by atoms with van der Waals surface area (Å²) in [7, 11) is 0. The number of rotatable bonds is 8. The Bertz CT molecular complexity index is 407. The van der Waals surface area contributed by atoms with Crippen LogP contribution in [-0.2, 0) is 17.8 Å². The Hall–Kier alpha value is -1.87. The van der Waals surface area contributed by atoms with E-state index in [9.17, 15) is 4.79 Å². The zero-order valence-electron chi connectivity index (χ0n) is 10.6. The molecule has 6 heteroatoms. The smallest absolute Gasteiger partial charge is 0.240 e. The van der Waals surface area contributed by atoms with Crippen molar-refractivity contribution in [1.29, 1.82) is 5.26 Å². The predicted molar refractivity (Wildman–Crippen MR) is 67.7 cm³/mol. The summed E-state index contributed by atoms with van der Waals surface area (Å²) in [6, 6.07) is 1.86. The first kappa shape index (κ1) is 14.2. The van der Waals surface area contributed by atoms with Crippen LogP contribution < -0.4 is 10.6 Å². The third kappa shape index (κ3) is 5.46. The molecule has 2 N–H and O–H groups in total. The van der Waals surface area contributed by atoms with E-state index >= 15 is 0 Å². The molecule has 1 heterocycles. The number of amides is 1. The van der Waals surface area contributed by atoms with Crippen LogP contribution in [0.4, 0.5) is 0 Å². The van der Waals surface area contributed by atoms with Crippen molar-refractivity contribution in [1.82, 2.24) is 20.2 Å². The summed E-state index contributed by atoms with van der Waals surface area (Å²) >= 11 is 0. The molecule has 0 aliphatic rings. The van der Waals surface area contributed by atoms with Crippen molar-refractivity contribution in [2.75, 3.05) is 19.6 Å². The monoisotopic (exact) mass is 249 g/mol. The average molecular weight is 249 g/mol. The van der Waals surface area contributed by atoms with E-state index in [1.165, 1.54) is 0 Å². The number of carbonyl (C=O) groups excluding carboxylic acids is 1. The lowest BCUT2D eigenvalue weighted by atomic mass is 10.3. The summed E-state index contributed by atoms with van der Waals surface area (Å²) in [4.78, 5) is 15.6. The van der Waals surface area contributed by atoms with Gasteiger partial charge in [0, 0.05) is 19.2 Å². The molecule has 0 spiro atoms. The molecule has 0 atom stereocenters. The SMILES string of the molecule is CCCNCCc1cn(CC(=O)NCC#N)cn1. The summed E-state index contributed by atoms with van der Waals surface area (Å²) in [5.41, 5.74) is 0.965. The van der Waals surface area contributed by atoms with Gasteiger partial charge in [0.1, 0.15) is 13.1 Å². The average Bonchev–Trinajstić information content (AvgIpc) is 2.80. The second-order valence-electron chi connectivity index (χ2n) is 3.97. The molecule has 0 radical (unpaired) electrons. The van der Waals surface area contributed by atoms with E-state index in [0.29, 0.717) is 0 Å². The Balaban J connectivity index is 2.30. The molecule has 0 aliphatic carbocycles. The van der Waals surface area contributed by atoms with Crippen LogP contribution in [0.5, 0.6) is 0 Å². The van der Waals surface area contributed by atoms with E-state index in [0.717, 1.165) is 31.6 Å². The van der Waals surface area contributed by atoms with Crippen LogP contribution in [0.2, 0.25) is 0 Å². The molecule has 98 valence electrons. The largest absolute Gasteiger partial charge is 0.341 e. The number of carbonyl (C=O) groups is 1. The van der Waals surface area contributed by atoms with Gasteiger partial charge in [-0.15, -0.1) is 0 Å². The topological polar surface area (TPSA) is 82.7 Å². The minimum Gasteiger partial charge on any atom is -0.341 e. The van der Waals surface area contributed by atoms with Gasteiger partial charge in [0.2, 0.25) is 5.91 Å². The van der Waals surface area contributed by atoms with E-state index in [2.05, 4.69) is 22.5 Å². The van der Waals surface area contributed by atoms with Crippen LogP contribution in [0.3, 0.4) is 0 Å². The fourth-order valence-corrected chi connectivity index (χ4v) is 1.50. The van der Waals surface area contributed by atoms with E-state index < -0.39 is 0 Å². The van der Waals surface area contributed by atoms with E-state index in [4.69, 9.17) is 5.26 Å². The molecule has 1 rings (SSSR count). The van der Waals surface area contributed by atoms with Gasteiger partial charge in [-0.25, -0.2) is 4.98 Å². The minimum atomic E-state index is -0.176. The highest BCUT2D eigenvalue weighted by molar-refractivity contribution is 5.75. The molecular formula is C12H19N5O. The summed E-state index contributed by atoms with van der Waals surface area (Å²) < 4.78 is 1.72. The lowest BCUT2D eigenvalue weighted by Gasteiger charge is -2.01. The maximum absolute atomic E-state index is 11.4. The van der Waals surface area contributed by atoms with Crippen molar-refractivity contribution in [3.8, 4) is 6.07 Å². The van der Waals surface area contributed by atoms with Crippen LogP contribution in [-0.4, -0.2) is 35.1 Å². The number of nitriles is 1. The van der Waals surface area contributed by atoms with Gasteiger partial charge in [-0.05, 0) is 13.0 Å². The molecule has 1 aromatic heterocycles. The van der Waals surface area contributed by atoms with Crippen molar-refractivity contribution in [3.63, 3.8) is 0 Å². The van der Waals surface area contributed by atoms with Crippen LogP contribution in [0.15, 0.2) is 12.5 Å². The molecule has 0 aliphatic heterocycles. The van der Waals surface area contributed by atoms with E-state index in [1.54, 1.807) is 10.9 Å². The van der Waals surface area contributed by atoms with Crippen molar-refractivity contribution < 1.29 is 4.79 Å². The predicted octanol–water partition coefficient (Wildman–Crippen LogP) is 0.0650. The Morgan fingerprint density at radius 3 is 3.11 bits per heavy atom. The summed E-state index contributed by atoms with van der Waals surface area (Å²) in [6.45, 7) is 4.28. The molecule has 1 aromatic rings. The Labute approximate surface area is 107 Å². The Morgan fingerprint density at radius 1 is 1.56 bits per heavy atom. The molecule has 0 aromatic carbocycles. The molecule has 1 amide bonds. The van der Waals surface area contributed by atoms with Gasteiger partial charge in [-0.1, -0.05) is 6.92 Å². The van der Waals surface area contributed by atoms with Crippen LogP contribution in [0.1, 0.15) is 19.0 Å². The highest BCUT2D eigenvalue weighted by Crippen LogP contribution is 1.96. The normalized spacial score (nSPS) is 10.0. The quantitative estimate of drug-likeness (QED) is 0.504. The number of hydrogen-bond donors (Lipinski definition) is 2. The fourth-order valence-electron chi connectivity index (χ4n) is 1.50. The van der Waals surface area contributed by atoms with E-state index in [1.807, 2.05) is 12.3 Å². The molecule has 0 fully saturated rings. The lowest BCUT2D eigenvalue weighted by molar-refractivity contribution is -0.121. The molecule has 0 saturated carbocycles. The third-order valence-corrected chi connectivity index (χ3v) is 2.36. The van der Waals surface area contributed by atoms with Crippen molar-refractivity contribution >= 4 is 5.91 Å². The zero-order chi connectivity index (χ0) is 13.2. The Morgan fingerprint density at radius 2 is 2.39 bits per heavy atom. The van der Waals surface area contributed by atoms with Crippen LogP contribution in [0.25, 0.3) is 0 Å². The minimum absolute atomic E-state index is 0.0430. The van der Waals surface area contributed by atoms with Gasteiger partial charge in [0.25, 0.3) is 0 Å². The van der Waals surface area contributed by atoms with Gasteiger partial charge in [0.15, 0.2) is 0 Å².